The van der Waals surface area contributed by atoms with Crippen molar-refractivity contribution in [3.8, 4) is 0 Å². The molecule has 27 heavy (non-hydrogen) atoms. The minimum atomic E-state index is -0.357. The van der Waals surface area contributed by atoms with E-state index in [0.29, 0.717) is 28.2 Å². The van der Waals surface area contributed by atoms with Crippen LogP contribution in [0, 0.1) is 0 Å². The zero-order valence-corrected chi connectivity index (χ0v) is 16.4. The summed E-state index contributed by atoms with van der Waals surface area (Å²) in [7, 11) is 0. The van der Waals surface area contributed by atoms with E-state index in [1.54, 1.807) is 11.8 Å². The number of aromatic amines is 1. The first-order chi connectivity index (χ1) is 13.1. The fourth-order valence-electron chi connectivity index (χ4n) is 3.75. The van der Waals surface area contributed by atoms with Crippen molar-refractivity contribution < 1.29 is 4.79 Å². The second-order valence-electron chi connectivity index (χ2n) is 7.11. The molecular weight excluding hydrogens is 358 g/mol. The second-order valence-corrected chi connectivity index (χ2v) is 8.53. The third-order valence-corrected chi connectivity index (χ3v) is 6.41. The van der Waals surface area contributed by atoms with E-state index in [-0.39, 0.29) is 17.3 Å². The van der Waals surface area contributed by atoms with Crippen molar-refractivity contribution in [2.45, 2.75) is 55.9 Å². The van der Waals surface area contributed by atoms with Crippen molar-refractivity contribution in [1.82, 2.24) is 9.97 Å². The van der Waals surface area contributed by atoms with Gasteiger partial charge in [0.25, 0.3) is 5.56 Å². The number of allylic oxidation sites excluding steroid dienone is 2. The average molecular weight is 382 g/mol. The van der Waals surface area contributed by atoms with Gasteiger partial charge in [0.05, 0.1) is 5.56 Å². The van der Waals surface area contributed by atoms with Crippen LogP contribution >= 0.6 is 11.8 Å². The average Bonchev–Trinajstić information content (AvgIpc) is 2.67. The third kappa shape index (κ3) is 3.34. The summed E-state index contributed by atoms with van der Waals surface area (Å²) in [5.41, 5.74) is 2.98. The quantitative estimate of drug-likeness (QED) is 0.612. The van der Waals surface area contributed by atoms with Crippen LogP contribution in [0.25, 0.3) is 0 Å². The van der Waals surface area contributed by atoms with E-state index in [4.69, 9.17) is 4.98 Å². The van der Waals surface area contributed by atoms with Gasteiger partial charge >= 0.3 is 0 Å². The summed E-state index contributed by atoms with van der Waals surface area (Å²) in [6, 6.07) is 9.79. The van der Waals surface area contributed by atoms with Crippen LogP contribution in [0.3, 0.4) is 0 Å². The van der Waals surface area contributed by atoms with Gasteiger partial charge in [-0.25, -0.2) is 4.98 Å². The lowest BCUT2D eigenvalue weighted by Crippen LogP contribution is -2.32. The highest BCUT2D eigenvalue weighted by molar-refractivity contribution is 7.99. The first kappa shape index (κ1) is 18.0. The van der Waals surface area contributed by atoms with Crippen molar-refractivity contribution in [1.29, 1.82) is 0 Å². The molecule has 2 aliphatic rings. The topological polar surface area (TPSA) is 74.8 Å². The lowest BCUT2D eigenvalue weighted by Gasteiger charge is -2.32. The summed E-state index contributed by atoms with van der Waals surface area (Å²) in [4.78, 5) is 33.4. The maximum Gasteiger partial charge on any atom is 0.257 e. The highest BCUT2D eigenvalue weighted by Crippen LogP contribution is 2.43. The van der Waals surface area contributed by atoms with Crippen molar-refractivity contribution in [3.05, 3.63) is 63.1 Å². The van der Waals surface area contributed by atoms with Crippen LogP contribution in [-0.2, 0) is 4.79 Å². The molecule has 1 aromatic heterocycles. The van der Waals surface area contributed by atoms with Crippen molar-refractivity contribution in [2.24, 2.45) is 0 Å². The summed E-state index contributed by atoms with van der Waals surface area (Å²) in [6.07, 6.45) is 3.17. The van der Waals surface area contributed by atoms with Gasteiger partial charge in [0, 0.05) is 28.9 Å². The smallest absolute Gasteiger partial charge is 0.257 e. The van der Waals surface area contributed by atoms with Gasteiger partial charge in [0.2, 0.25) is 0 Å². The number of ketones is 1. The molecule has 2 aromatic rings. The molecule has 0 amide bonds. The van der Waals surface area contributed by atoms with E-state index in [9.17, 15) is 9.59 Å². The number of fused-ring (bicyclic) bond motifs is 1. The van der Waals surface area contributed by atoms with Crippen molar-refractivity contribution in [3.63, 3.8) is 0 Å². The molecule has 0 radical (unpaired) electrons. The molecule has 0 spiro atoms. The van der Waals surface area contributed by atoms with E-state index in [0.717, 1.165) is 36.1 Å². The number of aromatic nitrogens is 2. The maximum atomic E-state index is 13.0. The number of carbonyl (C=O) groups excluding carboxylic acids is 1. The molecule has 0 saturated carbocycles. The van der Waals surface area contributed by atoms with E-state index in [1.165, 1.54) is 0 Å². The molecule has 0 unspecified atom stereocenters. The Bertz CT molecular complexity index is 965. The molecule has 2 heterocycles. The number of hydrogen-bond donors (Lipinski definition) is 2. The normalized spacial score (nSPS) is 19.9. The summed E-state index contributed by atoms with van der Waals surface area (Å²) in [6.45, 7) is 4.23. The van der Waals surface area contributed by atoms with Crippen LogP contribution in [-0.4, -0.2) is 21.0 Å². The molecule has 1 aliphatic carbocycles. The molecule has 4 rings (SSSR count). The first-order valence-corrected chi connectivity index (χ1v) is 10.4. The molecular formula is C21H23N3O2S. The molecule has 2 N–H and O–H groups in total. The van der Waals surface area contributed by atoms with Crippen LogP contribution < -0.4 is 10.9 Å². The second kappa shape index (κ2) is 7.35. The largest absolute Gasteiger partial charge is 0.343 e. The van der Waals surface area contributed by atoms with Gasteiger partial charge in [0.15, 0.2) is 10.9 Å². The number of thioether (sulfide) groups is 1. The fourth-order valence-corrected chi connectivity index (χ4v) is 4.59. The molecule has 0 fully saturated rings. The Morgan fingerprint density at radius 2 is 2.00 bits per heavy atom. The minimum absolute atomic E-state index is 0.126. The predicted molar refractivity (Wildman–Crippen MR) is 108 cm³/mol. The van der Waals surface area contributed by atoms with Gasteiger partial charge in [-0.05, 0) is 24.8 Å². The number of hydrogen-bond acceptors (Lipinski definition) is 5. The maximum absolute atomic E-state index is 13.0. The van der Waals surface area contributed by atoms with E-state index < -0.39 is 0 Å². The predicted octanol–water partition coefficient (Wildman–Crippen LogP) is 4.23. The van der Waals surface area contributed by atoms with Crippen LogP contribution in [0.15, 0.2) is 51.6 Å². The zero-order chi connectivity index (χ0) is 19.0. The summed E-state index contributed by atoms with van der Waals surface area (Å²) in [5.74, 6) is 0.358. The molecule has 1 aromatic carbocycles. The van der Waals surface area contributed by atoms with Gasteiger partial charge in [0.1, 0.15) is 5.82 Å². The zero-order valence-electron chi connectivity index (χ0n) is 15.5. The van der Waals surface area contributed by atoms with Crippen LogP contribution in [0.1, 0.15) is 56.6 Å². The monoisotopic (exact) mass is 381 g/mol. The molecule has 1 aliphatic heterocycles. The Balaban J connectivity index is 1.88. The molecule has 6 heteroatoms. The summed E-state index contributed by atoms with van der Waals surface area (Å²) in [5, 5.41) is 4.31. The standard InChI is InChI=1S/C21H23N3O2S/c1-3-12(2)27-21-23-19-18(20(26)24-21)16(13-8-5-4-6-9-13)17-14(22-19)10-7-11-15(17)25/h4-6,8-9,12,16H,3,7,10-11H2,1-2H3,(H2,22,23,24,26)/t12-,16+/m1/s1. The SMILES string of the molecule is CC[C@@H](C)Sc1nc2c(c(=O)[nH]1)[C@@H](c1ccccc1)C1=C(CCCC1=O)N2. The van der Waals surface area contributed by atoms with E-state index in [2.05, 4.69) is 24.1 Å². The molecule has 140 valence electrons. The van der Waals surface area contributed by atoms with Gasteiger partial charge < -0.3 is 10.3 Å². The molecule has 0 saturated heterocycles. The fraction of sp³-hybridized carbons (Fsp3) is 0.381. The number of anilines is 1. The van der Waals surface area contributed by atoms with Gasteiger partial charge in [-0.1, -0.05) is 55.9 Å². The number of rotatable bonds is 4. The Morgan fingerprint density at radius 3 is 2.74 bits per heavy atom. The molecule has 5 nitrogen and oxygen atoms in total. The van der Waals surface area contributed by atoms with Crippen molar-refractivity contribution in [2.75, 3.05) is 5.32 Å². The Morgan fingerprint density at radius 1 is 1.22 bits per heavy atom. The van der Waals surface area contributed by atoms with Crippen LogP contribution in [0.4, 0.5) is 5.82 Å². The molecule has 0 bridgehead atoms. The number of carbonyl (C=O) groups is 1. The minimum Gasteiger partial charge on any atom is -0.343 e. The summed E-state index contributed by atoms with van der Waals surface area (Å²) < 4.78 is 0. The van der Waals surface area contributed by atoms with Crippen molar-refractivity contribution >= 4 is 23.4 Å². The number of Topliss-reactive ketones (excluding diaryl/α,β-unsaturated/α-hetero) is 1. The number of nitrogens with zero attached hydrogens (tertiary/aromatic N) is 1. The highest BCUT2D eigenvalue weighted by Gasteiger charge is 2.37. The number of H-pyrrole nitrogens is 1. The van der Waals surface area contributed by atoms with Crippen LogP contribution in [0.5, 0.6) is 0 Å². The third-order valence-electron chi connectivity index (χ3n) is 5.26. The van der Waals surface area contributed by atoms with E-state index >= 15 is 0 Å². The lowest BCUT2D eigenvalue weighted by atomic mass is 9.76. The lowest BCUT2D eigenvalue weighted by molar-refractivity contribution is -0.116. The number of benzene rings is 1. The Kier molecular flexibility index (Phi) is 4.91. The van der Waals surface area contributed by atoms with E-state index in [1.807, 2.05) is 30.3 Å². The van der Waals surface area contributed by atoms with Gasteiger partial charge in [-0.3, -0.25) is 9.59 Å². The molecule has 2 atom stereocenters. The Labute approximate surface area is 162 Å². The number of nitrogens with one attached hydrogen (secondary N) is 2. The van der Waals surface area contributed by atoms with Gasteiger partial charge in [-0.2, -0.15) is 0 Å². The highest BCUT2D eigenvalue weighted by atomic mass is 32.2. The summed E-state index contributed by atoms with van der Waals surface area (Å²) >= 11 is 1.57. The Hall–Kier alpha value is -2.34. The van der Waals surface area contributed by atoms with Crippen LogP contribution in [0.2, 0.25) is 0 Å². The first-order valence-electron chi connectivity index (χ1n) is 9.47. The van der Waals surface area contributed by atoms with Gasteiger partial charge in [-0.15, -0.1) is 0 Å².